The first-order valence-corrected chi connectivity index (χ1v) is 5.26. The van der Waals surface area contributed by atoms with E-state index in [0.717, 1.165) is 0 Å². The third-order valence-corrected chi connectivity index (χ3v) is 2.23. The lowest BCUT2D eigenvalue weighted by Crippen LogP contribution is -2.53. The van der Waals surface area contributed by atoms with Crippen molar-refractivity contribution in [3.63, 3.8) is 0 Å². The van der Waals surface area contributed by atoms with Gasteiger partial charge in [0, 0.05) is 12.0 Å². The van der Waals surface area contributed by atoms with Crippen molar-refractivity contribution in [2.24, 2.45) is 5.92 Å². The molecule has 0 rings (SSSR count). The fourth-order valence-electron chi connectivity index (χ4n) is 1.79. The zero-order valence-electron chi connectivity index (χ0n) is 10.1. The van der Waals surface area contributed by atoms with Crippen molar-refractivity contribution in [1.29, 1.82) is 0 Å². The highest BCUT2D eigenvalue weighted by atomic mass is 16.1. The summed E-state index contributed by atoms with van der Waals surface area (Å²) in [6, 6.07) is 0.308. The van der Waals surface area contributed by atoms with Crippen LogP contribution in [0.25, 0.3) is 0 Å². The lowest BCUT2D eigenvalue weighted by molar-refractivity contribution is -0.128. The van der Waals surface area contributed by atoms with Crippen molar-refractivity contribution in [3.8, 4) is 0 Å². The maximum absolute atomic E-state index is 12.0. The van der Waals surface area contributed by atoms with Crippen LogP contribution in [0.4, 0.5) is 0 Å². The van der Waals surface area contributed by atoms with E-state index in [0.29, 0.717) is 12.5 Å². The van der Waals surface area contributed by atoms with E-state index in [1.165, 1.54) is 0 Å². The second-order valence-corrected chi connectivity index (χ2v) is 4.64. The number of rotatable bonds is 6. The Morgan fingerprint density at radius 2 is 1.93 bits per heavy atom. The first-order valence-electron chi connectivity index (χ1n) is 5.26. The lowest BCUT2D eigenvalue weighted by Gasteiger charge is -2.32. The highest BCUT2D eigenvalue weighted by Gasteiger charge is 2.33. The Kier molecular flexibility index (Phi) is 5.06. The van der Waals surface area contributed by atoms with Gasteiger partial charge in [-0.2, -0.15) is 0 Å². The number of nitrogens with one attached hydrogen (secondary N) is 1. The molecule has 0 bridgehead atoms. The molecule has 82 valence electrons. The molecule has 0 aromatic rings. The molecule has 14 heavy (non-hydrogen) atoms. The van der Waals surface area contributed by atoms with Crippen LogP contribution in [-0.2, 0) is 4.79 Å². The molecule has 0 aliphatic heterocycles. The standard InChI is InChI=1S/C12H23NO/c1-7-8-12(6,13-10(4)5)11(14)9(2)3/h7,9-10,13H,1,8H2,2-6H3/t12-/m1/s1. The van der Waals surface area contributed by atoms with Crippen molar-refractivity contribution in [1.82, 2.24) is 5.32 Å². The molecular formula is C12H23NO. The molecule has 0 unspecified atom stereocenters. The van der Waals surface area contributed by atoms with E-state index in [4.69, 9.17) is 0 Å². The normalized spacial score (nSPS) is 15.6. The minimum absolute atomic E-state index is 0.0613. The molecule has 0 aromatic carbocycles. The Labute approximate surface area is 87.8 Å². The van der Waals surface area contributed by atoms with Gasteiger partial charge in [-0.05, 0) is 27.2 Å². The topological polar surface area (TPSA) is 29.1 Å². The molecule has 0 aromatic heterocycles. The Bertz CT molecular complexity index is 208. The van der Waals surface area contributed by atoms with Crippen molar-refractivity contribution < 1.29 is 4.79 Å². The van der Waals surface area contributed by atoms with Crippen LogP contribution in [0.1, 0.15) is 41.0 Å². The highest BCUT2D eigenvalue weighted by Crippen LogP contribution is 2.17. The average Bonchev–Trinajstić information content (AvgIpc) is 2.01. The lowest BCUT2D eigenvalue weighted by atomic mass is 9.85. The summed E-state index contributed by atoms with van der Waals surface area (Å²) in [7, 11) is 0. The SMILES string of the molecule is C=CC[C@@](C)(NC(C)C)C(=O)C(C)C. The molecule has 2 heteroatoms. The minimum Gasteiger partial charge on any atom is -0.303 e. The highest BCUT2D eigenvalue weighted by molar-refractivity contribution is 5.89. The third kappa shape index (κ3) is 3.62. The summed E-state index contributed by atoms with van der Waals surface area (Å²) >= 11 is 0. The summed E-state index contributed by atoms with van der Waals surface area (Å²) in [5.74, 6) is 0.317. The first-order chi connectivity index (χ1) is 6.33. The van der Waals surface area contributed by atoms with E-state index >= 15 is 0 Å². The van der Waals surface area contributed by atoms with Crippen LogP contribution in [0.15, 0.2) is 12.7 Å². The van der Waals surface area contributed by atoms with Crippen molar-refractivity contribution in [3.05, 3.63) is 12.7 Å². The largest absolute Gasteiger partial charge is 0.303 e. The quantitative estimate of drug-likeness (QED) is 0.663. The third-order valence-electron chi connectivity index (χ3n) is 2.23. The fourth-order valence-corrected chi connectivity index (χ4v) is 1.79. The smallest absolute Gasteiger partial charge is 0.155 e. The maximum Gasteiger partial charge on any atom is 0.155 e. The first kappa shape index (κ1) is 13.4. The van der Waals surface area contributed by atoms with Crippen LogP contribution in [0.5, 0.6) is 0 Å². The summed E-state index contributed by atoms with van der Waals surface area (Å²) in [6.07, 6.45) is 2.48. The summed E-state index contributed by atoms with van der Waals surface area (Å²) in [6.45, 7) is 13.6. The molecule has 0 aliphatic rings. The van der Waals surface area contributed by atoms with Gasteiger partial charge in [0.05, 0.1) is 5.54 Å². The Hall–Kier alpha value is -0.630. The second-order valence-electron chi connectivity index (χ2n) is 4.64. The van der Waals surface area contributed by atoms with Gasteiger partial charge >= 0.3 is 0 Å². The number of carbonyl (C=O) groups is 1. The Morgan fingerprint density at radius 3 is 2.21 bits per heavy atom. The van der Waals surface area contributed by atoms with E-state index in [1.807, 2.05) is 20.8 Å². The van der Waals surface area contributed by atoms with Crippen molar-refractivity contribution >= 4 is 5.78 Å². The van der Waals surface area contributed by atoms with E-state index in [1.54, 1.807) is 6.08 Å². The predicted molar refractivity (Wildman–Crippen MR) is 61.3 cm³/mol. The number of hydrogen-bond donors (Lipinski definition) is 1. The van der Waals surface area contributed by atoms with Crippen LogP contribution in [0.2, 0.25) is 0 Å². The average molecular weight is 197 g/mol. The van der Waals surface area contributed by atoms with Gasteiger partial charge in [-0.25, -0.2) is 0 Å². The molecule has 0 fully saturated rings. The molecular weight excluding hydrogens is 174 g/mol. The fraction of sp³-hybridized carbons (Fsp3) is 0.750. The number of ketones is 1. The van der Waals surface area contributed by atoms with E-state index < -0.39 is 5.54 Å². The Balaban J connectivity index is 4.69. The summed E-state index contributed by atoms with van der Waals surface area (Å²) in [5.41, 5.74) is -0.454. The van der Waals surface area contributed by atoms with E-state index in [-0.39, 0.29) is 11.7 Å². The van der Waals surface area contributed by atoms with Gasteiger partial charge in [0.2, 0.25) is 0 Å². The van der Waals surface area contributed by atoms with Gasteiger partial charge in [0.15, 0.2) is 5.78 Å². The van der Waals surface area contributed by atoms with Gasteiger partial charge in [-0.15, -0.1) is 6.58 Å². The second kappa shape index (κ2) is 5.30. The van der Waals surface area contributed by atoms with Crippen LogP contribution in [-0.4, -0.2) is 17.4 Å². The van der Waals surface area contributed by atoms with Gasteiger partial charge in [-0.1, -0.05) is 19.9 Å². The summed E-state index contributed by atoms with van der Waals surface area (Å²) < 4.78 is 0. The van der Waals surface area contributed by atoms with Gasteiger partial charge < -0.3 is 5.32 Å². The van der Waals surface area contributed by atoms with Crippen molar-refractivity contribution in [2.75, 3.05) is 0 Å². The molecule has 0 heterocycles. The van der Waals surface area contributed by atoms with Crippen LogP contribution in [0, 0.1) is 5.92 Å². The van der Waals surface area contributed by atoms with Crippen LogP contribution in [0.3, 0.4) is 0 Å². The molecule has 0 saturated heterocycles. The molecule has 0 amide bonds. The van der Waals surface area contributed by atoms with E-state index in [9.17, 15) is 4.79 Å². The number of Topliss-reactive ketones (excluding diaryl/α,β-unsaturated/α-hetero) is 1. The van der Waals surface area contributed by atoms with E-state index in [2.05, 4.69) is 25.7 Å². The predicted octanol–water partition coefficient (Wildman–Crippen LogP) is 2.54. The van der Waals surface area contributed by atoms with Crippen LogP contribution >= 0.6 is 0 Å². The van der Waals surface area contributed by atoms with Gasteiger partial charge in [0.1, 0.15) is 0 Å². The summed E-state index contributed by atoms with van der Waals surface area (Å²) in [5, 5.41) is 3.32. The number of hydrogen-bond acceptors (Lipinski definition) is 2. The van der Waals surface area contributed by atoms with Gasteiger partial charge in [-0.3, -0.25) is 4.79 Å². The molecule has 0 spiro atoms. The zero-order chi connectivity index (χ0) is 11.4. The maximum atomic E-state index is 12.0. The minimum atomic E-state index is -0.454. The molecule has 0 saturated carbocycles. The molecule has 0 radical (unpaired) electrons. The monoisotopic (exact) mass is 197 g/mol. The van der Waals surface area contributed by atoms with Gasteiger partial charge in [0.25, 0.3) is 0 Å². The van der Waals surface area contributed by atoms with Crippen LogP contribution < -0.4 is 5.32 Å². The van der Waals surface area contributed by atoms with Crippen molar-refractivity contribution in [2.45, 2.75) is 52.6 Å². The molecule has 1 atom stereocenters. The summed E-state index contributed by atoms with van der Waals surface area (Å²) in [4.78, 5) is 12.0. The molecule has 0 aliphatic carbocycles. The molecule has 1 N–H and O–H groups in total. The molecule has 2 nitrogen and oxygen atoms in total. The number of carbonyl (C=O) groups excluding carboxylic acids is 1. The Morgan fingerprint density at radius 1 is 1.43 bits per heavy atom. The zero-order valence-corrected chi connectivity index (χ0v) is 10.1.